The van der Waals surface area contributed by atoms with E-state index >= 15 is 0 Å². The molecule has 0 bridgehead atoms. The molecule has 3 N–H and O–H groups in total. The van der Waals surface area contributed by atoms with E-state index in [9.17, 15) is 22.4 Å². The van der Waals surface area contributed by atoms with Gasteiger partial charge in [-0.2, -0.15) is 5.10 Å². The number of ether oxygens (including phenoxy) is 1. The minimum Gasteiger partial charge on any atom is -0.406 e. The number of hydrogen-bond donors (Lipinski definition) is 3. The van der Waals surface area contributed by atoms with Crippen LogP contribution in [-0.4, -0.2) is 32.4 Å². The summed E-state index contributed by atoms with van der Waals surface area (Å²) in [5.74, 6) is -1.74. The van der Waals surface area contributed by atoms with Gasteiger partial charge in [0.05, 0.1) is 18.0 Å². The Balaban J connectivity index is 1.50. The summed E-state index contributed by atoms with van der Waals surface area (Å²) < 4.78 is 54.4. The third-order valence-corrected chi connectivity index (χ3v) is 4.34. The van der Waals surface area contributed by atoms with Crippen molar-refractivity contribution in [3.8, 4) is 5.75 Å². The van der Waals surface area contributed by atoms with Gasteiger partial charge in [-0.25, -0.2) is 14.4 Å². The lowest BCUT2D eigenvalue weighted by molar-refractivity contribution is -0.274. The van der Waals surface area contributed by atoms with Gasteiger partial charge in [0, 0.05) is 23.8 Å². The quantitative estimate of drug-likeness (QED) is 0.383. The Morgan fingerprint density at radius 3 is 2.62 bits per heavy atom. The molecule has 0 aliphatic rings. The van der Waals surface area contributed by atoms with E-state index in [0.29, 0.717) is 5.65 Å². The van der Waals surface area contributed by atoms with Crippen molar-refractivity contribution in [1.29, 1.82) is 0 Å². The second-order valence-electron chi connectivity index (χ2n) is 6.53. The van der Waals surface area contributed by atoms with E-state index in [1.54, 1.807) is 18.5 Å². The standard InChI is InChI=1S/C20H14F4N6O2/c21-12-7-15(19(31)29-13-1-3-14(4-2-13)32-20(22,23)24)17(27-9-12)26-8-11-5-6-25-18-16(11)10-28-30-18/h1-7,9-10H,8H2,(H,26,27)(H,29,31)(H,25,28,30). The molecule has 0 unspecified atom stereocenters. The Kier molecular flexibility index (Phi) is 5.58. The molecule has 4 rings (SSSR count). The number of hydrogen-bond acceptors (Lipinski definition) is 6. The molecule has 8 nitrogen and oxygen atoms in total. The Morgan fingerprint density at radius 2 is 1.88 bits per heavy atom. The van der Waals surface area contributed by atoms with Crippen molar-refractivity contribution in [1.82, 2.24) is 20.2 Å². The van der Waals surface area contributed by atoms with Crippen molar-refractivity contribution in [2.24, 2.45) is 0 Å². The van der Waals surface area contributed by atoms with Crippen LogP contribution in [0.25, 0.3) is 11.0 Å². The molecule has 0 saturated carbocycles. The summed E-state index contributed by atoms with van der Waals surface area (Å²) in [6.45, 7) is 0.251. The van der Waals surface area contributed by atoms with Crippen LogP contribution in [0.5, 0.6) is 5.75 Å². The minimum atomic E-state index is -4.82. The number of nitrogens with one attached hydrogen (secondary N) is 3. The van der Waals surface area contributed by atoms with Crippen molar-refractivity contribution in [3.05, 3.63) is 71.9 Å². The van der Waals surface area contributed by atoms with E-state index in [1.807, 2.05) is 0 Å². The highest BCUT2D eigenvalue weighted by Gasteiger charge is 2.31. The van der Waals surface area contributed by atoms with E-state index in [-0.39, 0.29) is 23.6 Å². The molecule has 0 spiro atoms. The van der Waals surface area contributed by atoms with Gasteiger partial charge in [0.1, 0.15) is 17.4 Å². The number of fused-ring (bicyclic) bond motifs is 1. The van der Waals surface area contributed by atoms with Crippen LogP contribution in [0.15, 0.2) is 55.0 Å². The number of aromatic nitrogens is 4. The number of anilines is 2. The number of amides is 1. The second-order valence-corrected chi connectivity index (χ2v) is 6.53. The van der Waals surface area contributed by atoms with E-state index in [0.717, 1.165) is 35.3 Å². The number of benzene rings is 1. The lowest BCUT2D eigenvalue weighted by Crippen LogP contribution is -2.17. The fourth-order valence-corrected chi connectivity index (χ4v) is 2.93. The van der Waals surface area contributed by atoms with E-state index in [2.05, 4.69) is 35.5 Å². The molecular weight excluding hydrogens is 432 g/mol. The molecule has 0 fully saturated rings. The first-order valence-corrected chi connectivity index (χ1v) is 9.12. The Hall–Kier alpha value is -4.22. The van der Waals surface area contributed by atoms with Crippen LogP contribution in [0.4, 0.5) is 29.1 Å². The van der Waals surface area contributed by atoms with Crippen LogP contribution in [0.2, 0.25) is 0 Å². The fraction of sp³-hybridized carbons (Fsp3) is 0.100. The largest absolute Gasteiger partial charge is 0.573 e. The van der Waals surface area contributed by atoms with Crippen LogP contribution in [0.3, 0.4) is 0 Å². The van der Waals surface area contributed by atoms with Crippen LogP contribution < -0.4 is 15.4 Å². The summed E-state index contributed by atoms with van der Waals surface area (Å²) in [6, 6.07) is 7.32. The van der Waals surface area contributed by atoms with Crippen molar-refractivity contribution in [2.45, 2.75) is 12.9 Å². The lowest BCUT2D eigenvalue weighted by Gasteiger charge is -2.13. The maximum absolute atomic E-state index is 13.8. The zero-order chi connectivity index (χ0) is 22.7. The molecule has 12 heteroatoms. The first-order chi connectivity index (χ1) is 15.3. The summed E-state index contributed by atoms with van der Waals surface area (Å²) >= 11 is 0. The number of pyridine rings is 2. The van der Waals surface area contributed by atoms with Crippen LogP contribution >= 0.6 is 0 Å². The Bertz CT molecular complexity index is 1260. The zero-order valence-corrected chi connectivity index (χ0v) is 16.1. The molecule has 0 saturated heterocycles. The maximum Gasteiger partial charge on any atom is 0.573 e. The number of halogens is 4. The summed E-state index contributed by atoms with van der Waals surface area (Å²) in [5, 5.41) is 12.9. The monoisotopic (exact) mass is 446 g/mol. The predicted octanol–water partition coefficient (Wildman–Crippen LogP) is 4.26. The van der Waals surface area contributed by atoms with Gasteiger partial charge in [0.25, 0.3) is 5.91 Å². The van der Waals surface area contributed by atoms with Gasteiger partial charge in [0.15, 0.2) is 5.65 Å². The molecule has 0 aliphatic heterocycles. The van der Waals surface area contributed by atoms with Crippen molar-refractivity contribution in [2.75, 3.05) is 10.6 Å². The normalized spacial score (nSPS) is 11.4. The van der Waals surface area contributed by atoms with E-state index < -0.39 is 23.8 Å². The van der Waals surface area contributed by atoms with Crippen LogP contribution in [0, 0.1) is 5.82 Å². The smallest absolute Gasteiger partial charge is 0.406 e. The summed E-state index contributed by atoms with van der Waals surface area (Å²) in [5.41, 5.74) is 1.51. The van der Waals surface area contributed by atoms with Crippen molar-refractivity contribution in [3.63, 3.8) is 0 Å². The number of carbonyl (C=O) groups excluding carboxylic acids is 1. The highest BCUT2D eigenvalue weighted by Crippen LogP contribution is 2.25. The molecular formula is C20H14F4N6O2. The predicted molar refractivity (Wildman–Crippen MR) is 106 cm³/mol. The van der Waals surface area contributed by atoms with Crippen molar-refractivity contribution < 1.29 is 27.1 Å². The number of nitrogens with zero attached hydrogens (tertiary/aromatic N) is 3. The van der Waals surface area contributed by atoms with Gasteiger partial charge >= 0.3 is 6.36 Å². The topological polar surface area (TPSA) is 105 Å². The molecule has 1 aromatic carbocycles. The average Bonchev–Trinajstić information content (AvgIpc) is 3.22. The highest BCUT2D eigenvalue weighted by atomic mass is 19.4. The van der Waals surface area contributed by atoms with Gasteiger partial charge in [-0.15, -0.1) is 13.2 Å². The molecule has 0 aliphatic carbocycles. The Labute approximate surface area is 177 Å². The third kappa shape index (κ3) is 4.91. The highest BCUT2D eigenvalue weighted by molar-refractivity contribution is 6.07. The lowest BCUT2D eigenvalue weighted by atomic mass is 10.2. The Morgan fingerprint density at radius 1 is 1.09 bits per heavy atom. The molecule has 0 atom stereocenters. The fourth-order valence-electron chi connectivity index (χ4n) is 2.93. The molecule has 4 aromatic rings. The number of aromatic amines is 1. The number of alkyl halides is 3. The second kappa shape index (κ2) is 8.49. The number of H-pyrrole nitrogens is 1. The minimum absolute atomic E-state index is 0.0851. The molecule has 3 aromatic heterocycles. The molecule has 3 heterocycles. The van der Waals surface area contributed by atoms with E-state index in [4.69, 9.17) is 0 Å². The molecule has 164 valence electrons. The summed E-state index contributed by atoms with van der Waals surface area (Å²) in [6.07, 6.45) is -0.662. The number of carbonyl (C=O) groups is 1. The SMILES string of the molecule is O=C(Nc1ccc(OC(F)(F)F)cc1)c1cc(F)cnc1NCc1ccnc2[nH]ncc12. The first-order valence-electron chi connectivity index (χ1n) is 9.12. The van der Waals surface area contributed by atoms with Gasteiger partial charge in [-0.1, -0.05) is 0 Å². The molecule has 1 amide bonds. The summed E-state index contributed by atoms with van der Waals surface area (Å²) in [7, 11) is 0. The van der Waals surface area contributed by atoms with Gasteiger partial charge in [-0.05, 0) is 42.0 Å². The van der Waals surface area contributed by atoms with Crippen LogP contribution in [0.1, 0.15) is 15.9 Å². The molecule has 32 heavy (non-hydrogen) atoms. The van der Waals surface area contributed by atoms with Gasteiger partial charge < -0.3 is 15.4 Å². The third-order valence-electron chi connectivity index (χ3n) is 4.34. The summed E-state index contributed by atoms with van der Waals surface area (Å²) in [4.78, 5) is 20.8. The first kappa shape index (κ1) is 21.0. The van der Waals surface area contributed by atoms with E-state index in [1.165, 1.54) is 12.1 Å². The number of rotatable bonds is 6. The van der Waals surface area contributed by atoms with Gasteiger partial charge in [0.2, 0.25) is 0 Å². The van der Waals surface area contributed by atoms with Crippen molar-refractivity contribution >= 4 is 28.4 Å². The van der Waals surface area contributed by atoms with Crippen LogP contribution in [-0.2, 0) is 6.54 Å². The maximum atomic E-state index is 13.8. The van der Waals surface area contributed by atoms with Gasteiger partial charge in [-0.3, -0.25) is 9.89 Å². The zero-order valence-electron chi connectivity index (χ0n) is 16.1. The average molecular weight is 446 g/mol. The molecule has 0 radical (unpaired) electrons.